The molecule has 0 saturated carbocycles. The number of aryl methyl sites for hydroxylation is 2. The van der Waals surface area contributed by atoms with Crippen LogP contribution in [0.1, 0.15) is 33.0 Å². The number of rotatable bonds is 6. The maximum Gasteiger partial charge on any atom is 0.208 e. The number of anilines is 2. The Bertz CT molecular complexity index is 488. The number of nitrogens with one attached hydrogen (secondary N) is 1. The fourth-order valence-electron chi connectivity index (χ4n) is 1.50. The molecule has 1 N–H and O–H groups in total. The molecular weight excluding hydrogens is 246 g/mol. The van der Waals surface area contributed by atoms with Crippen LogP contribution in [0.4, 0.5) is 10.9 Å². The summed E-state index contributed by atoms with van der Waals surface area (Å²) < 4.78 is 6.19. The van der Waals surface area contributed by atoms with E-state index in [1.165, 1.54) is 11.5 Å². The van der Waals surface area contributed by atoms with Crippen molar-refractivity contribution in [3.8, 4) is 0 Å². The molecule has 0 aliphatic heterocycles. The normalized spacial score (nSPS) is 11.1. The van der Waals surface area contributed by atoms with Crippen LogP contribution >= 0.6 is 11.5 Å². The molecule has 0 atom stereocenters. The molecule has 0 aliphatic carbocycles. The predicted octanol–water partition coefficient (Wildman–Crippen LogP) is 3.09. The van der Waals surface area contributed by atoms with E-state index >= 15 is 0 Å². The van der Waals surface area contributed by atoms with E-state index in [4.69, 9.17) is 0 Å². The van der Waals surface area contributed by atoms with Crippen molar-refractivity contribution < 1.29 is 0 Å². The van der Waals surface area contributed by atoms with Gasteiger partial charge < -0.3 is 5.32 Å². The van der Waals surface area contributed by atoms with Gasteiger partial charge in [0.15, 0.2) is 5.82 Å². The zero-order chi connectivity index (χ0) is 13.0. The molecule has 0 unspecified atom stereocenters. The molecule has 2 rings (SSSR count). The Balaban J connectivity index is 1.93. The third kappa shape index (κ3) is 3.53. The quantitative estimate of drug-likeness (QED) is 0.872. The van der Waals surface area contributed by atoms with Gasteiger partial charge in [0.25, 0.3) is 0 Å². The van der Waals surface area contributed by atoms with E-state index in [2.05, 4.69) is 33.6 Å². The summed E-state index contributed by atoms with van der Waals surface area (Å²) in [5.41, 5.74) is 0. The summed E-state index contributed by atoms with van der Waals surface area (Å²) in [5, 5.41) is 8.44. The third-order valence-electron chi connectivity index (χ3n) is 2.60. The van der Waals surface area contributed by atoms with Crippen molar-refractivity contribution in [2.24, 2.45) is 5.92 Å². The Morgan fingerprint density at radius 2 is 2.28 bits per heavy atom. The lowest BCUT2D eigenvalue weighted by Crippen LogP contribution is -2.02. The first-order valence-corrected chi connectivity index (χ1v) is 7.07. The van der Waals surface area contributed by atoms with Crippen molar-refractivity contribution >= 4 is 22.5 Å². The van der Waals surface area contributed by atoms with Gasteiger partial charge >= 0.3 is 0 Å². The van der Waals surface area contributed by atoms with E-state index in [9.17, 15) is 0 Å². The largest absolute Gasteiger partial charge is 0.313 e. The zero-order valence-electron chi connectivity index (χ0n) is 11.1. The lowest BCUT2D eigenvalue weighted by atomic mass is 10.1. The van der Waals surface area contributed by atoms with Gasteiger partial charge in [-0.3, -0.25) is 4.68 Å². The minimum absolute atomic E-state index is 0.695. The highest BCUT2D eigenvalue weighted by Gasteiger charge is 2.05. The first kappa shape index (κ1) is 13.0. The number of aromatic nitrogens is 4. The van der Waals surface area contributed by atoms with Crippen molar-refractivity contribution in [1.29, 1.82) is 0 Å². The summed E-state index contributed by atoms with van der Waals surface area (Å²) in [6, 6.07) is 1.97. The molecule has 0 fully saturated rings. The second-order valence-electron chi connectivity index (χ2n) is 4.64. The lowest BCUT2D eigenvalue weighted by molar-refractivity contribution is 0.488. The molecule has 0 bridgehead atoms. The van der Waals surface area contributed by atoms with Crippen LogP contribution in [0.25, 0.3) is 0 Å². The summed E-state index contributed by atoms with van der Waals surface area (Å²) in [6.07, 6.45) is 3.99. The van der Waals surface area contributed by atoms with Crippen LogP contribution in [0, 0.1) is 5.92 Å². The molecule has 2 aromatic rings. The average Bonchev–Trinajstić information content (AvgIpc) is 2.96. The molecule has 98 valence electrons. The van der Waals surface area contributed by atoms with Crippen molar-refractivity contribution in [1.82, 2.24) is 19.1 Å². The number of hydrogen-bond acceptors (Lipinski definition) is 5. The lowest BCUT2D eigenvalue weighted by Gasteiger charge is -2.04. The Morgan fingerprint density at radius 3 is 2.94 bits per heavy atom. The summed E-state index contributed by atoms with van der Waals surface area (Å²) >= 11 is 1.37. The van der Waals surface area contributed by atoms with Gasteiger partial charge in [-0.2, -0.15) is 9.47 Å². The molecule has 5 nitrogen and oxygen atoms in total. The maximum atomic E-state index is 4.46. The maximum absolute atomic E-state index is 4.46. The summed E-state index contributed by atoms with van der Waals surface area (Å²) in [5.74, 6) is 2.40. The molecule has 6 heteroatoms. The fraction of sp³-hybridized carbons (Fsp3) is 0.583. The van der Waals surface area contributed by atoms with Gasteiger partial charge in [-0.25, -0.2) is 4.98 Å². The van der Waals surface area contributed by atoms with Crippen molar-refractivity contribution in [3.05, 3.63) is 18.1 Å². The summed E-state index contributed by atoms with van der Waals surface area (Å²) in [4.78, 5) is 4.35. The molecular formula is C12H19N5S. The van der Waals surface area contributed by atoms with Gasteiger partial charge in [0, 0.05) is 36.8 Å². The highest BCUT2D eigenvalue weighted by atomic mass is 32.1. The molecule has 0 radical (unpaired) electrons. The smallest absolute Gasteiger partial charge is 0.208 e. The first-order chi connectivity index (χ1) is 8.67. The standard InChI is InChI=1S/C12H19N5S/c1-4-10-13-12(18-16-10)14-11-6-8-17(15-11)7-5-9(2)3/h6,8-9H,4-5,7H2,1-3H3,(H,13,14,15,16). The van der Waals surface area contributed by atoms with Gasteiger partial charge in [0.1, 0.15) is 5.82 Å². The minimum atomic E-state index is 0.695. The topological polar surface area (TPSA) is 55.6 Å². The van der Waals surface area contributed by atoms with E-state index in [0.717, 1.165) is 36.2 Å². The second kappa shape index (κ2) is 5.95. The van der Waals surface area contributed by atoms with Gasteiger partial charge in [-0.05, 0) is 12.3 Å². The van der Waals surface area contributed by atoms with Crippen LogP contribution in [0.5, 0.6) is 0 Å². The molecule has 0 aliphatic rings. The van der Waals surface area contributed by atoms with Gasteiger partial charge in [0.2, 0.25) is 5.13 Å². The Labute approximate surface area is 111 Å². The molecule has 0 saturated heterocycles. The van der Waals surface area contributed by atoms with Crippen LogP contribution in [-0.2, 0) is 13.0 Å². The molecule has 0 amide bonds. The van der Waals surface area contributed by atoms with E-state index in [0.29, 0.717) is 5.92 Å². The van der Waals surface area contributed by atoms with Crippen LogP contribution in [0.3, 0.4) is 0 Å². The zero-order valence-corrected chi connectivity index (χ0v) is 11.9. The van der Waals surface area contributed by atoms with E-state index < -0.39 is 0 Å². The monoisotopic (exact) mass is 265 g/mol. The Hall–Kier alpha value is -1.43. The third-order valence-corrected chi connectivity index (χ3v) is 3.26. The summed E-state index contributed by atoms with van der Waals surface area (Å²) in [6.45, 7) is 7.44. The molecule has 2 heterocycles. The van der Waals surface area contributed by atoms with Crippen LogP contribution < -0.4 is 5.32 Å². The van der Waals surface area contributed by atoms with Crippen molar-refractivity contribution in [3.63, 3.8) is 0 Å². The van der Waals surface area contributed by atoms with Crippen LogP contribution in [0.2, 0.25) is 0 Å². The van der Waals surface area contributed by atoms with Crippen molar-refractivity contribution in [2.75, 3.05) is 5.32 Å². The van der Waals surface area contributed by atoms with Gasteiger partial charge in [0.05, 0.1) is 0 Å². The molecule has 0 aromatic carbocycles. The van der Waals surface area contributed by atoms with Crippen LogP contribution in [0.15, 0.2) is 12.3 Å². The predicted molar refractivity (Wildman–Crippen MR) is 74.3 cm³/mol. The number of hydrogen-bond donors (Lipinski definition) is 1. The Morgan fingerprint density at radius 1 is 1.44 bits per heavy atom. The second-order valence-corrected chi connectivity index (χ2v) is 5.39. The highest BCUT2D eigenvalue weighted by Crippen LogP contribution is 2.17. The summed E-state index contributed by atoms with van der Waals surface area (Å²) in [7, 11) is 0. The number of nitrogens with zero attached hydrogens (tertiary/aromatic N) is 4. The van der Waals surface area contributed by atoms with Crippen LogP contribution in [-0.4, -0.2) is 19.1 Å². The van der Waals surface area contributed by atoms with E-state index in [1.54, 1.807) is 0 Å². The van der Waals surface area contributed by atoms with E-state index in [1.807, 2.05) is 23.9 Å². The Kier molecular flexibility index (Phi) is 4.30. The average molecular weight is 265 g/mol. The molecule has 18 heavy (non-hydrogen) atoms. The van der Waals surface area contributed by atoms with Gasteiger partial charge in [-0.1, -0.05) is 20.8 Å². The van der Waals surface area contributed by atoms with E-state index in [-0.39, 0.29) is 0 Å². The minimum Gasteiger partial charge on any atom is -0.313 e. The van der Waals surface area contributed by atoms with Gasteiger partial charge in [-0.15, -0.1) is 0 Å². The molecule has 0 spiro atoms. The first-order valence-electron chi connectivity index (χ1n) is 6.30. The molecule has 2 aromatic heterocycles. The highest BCUT2D eigenvalue weighted by molar-refractivity contribution is 7.09. The SMILES string of the molecule is CCc1nsc(Nc2ccn(CCC(C)C)n2)n1. The van der Waals surface area contributed by atoms with Crippen molar-refractivity contribution in [2.45, 2.75) is 40.2 Å². The fourth-order valence-corrected chi connectivity index (χ4v) is 2.16.